The number of nitrogens with zero attached hydrogens (tertiary/aromatic N) is 2. The fourth-order valence-electron chi connectivity index (χ4n) is 3.65. The lowest BCUT2D eigenvalue weighted by Crippen LogP contribution is -2.14. The van der Waals surface area contributed by atoms with Gasteiger partial charge in [-0.15, -0.1) is 6.58 Å². The Kier molecular flexibility index (Phi) is 6.03. The van der Waals surface area contributed by atoms with Gasteiger partial charge in [0.05, 0.1) is 0 Å². The average Bonchev–Trinajstić information content (AvgIpc) is 3.04. The normalized spacial score (nSPS) is 10.8. The number of para-hydroxylation sites is 1. The molecule has 2 aromatic carbocycles. The summed E-state index contributed by atoms with van der Waals surface area (Å²) in [6.07, 6.45) is 1.81. The molecule has 1 amide bonds. The first kappa shape index (κ1) is 21.3. The van der Waals surface area contributed by atoms with Crippen LogP contribution in [0.2, 0.25) is 0 Å². The summed E-state index contributed by atoms with van der Waals surface area (Å²) >= 11 is 0. The van der Waals surface area contributed by atoms with Crippen LogP contribution in [0.1, 0.15) is 27.3 Å². The van der Waals surface area contributed by atoms with Crippen LogP contribution in [0.25, 0.3) is 10.9 Å². The van der Waals surface area contributed by atoms with Crippen LogP contribution in [-0.4, -0.2) is 15.5 Å². The highest BCUT2D eigenvalue weighted by molar-refractivity contribution is 6.05. The van der Waals surface area contributed by atoms with Gasteiger partial charge >= 0.3 is 0 Å². The van der Waals surface area contributed by atoms with Crippen molar-refractivity contribution >= 4 is 22.5 Å². The summed E-state index contributed by atoms with van der Waals surface area (Å²) in [5.74, 6) is -0.277. The third-order valence-corrected chi connectivity index (χ3v) is 5.45. The number of carbonyl (C=O) groups excluding carboxylic acids is 1. The molecule has 2 aromatic heterocycles. The van der Waals surface area contributed by atoms with Crippen molar-refractivity contribution in [1.82, 2.24) is 9.55 Å². The van der Waals surface area contributed by atoms with Crippen molar-refractivity contribution in [2.75, 3.05) is 5.32 Å². The SMILES string of the molecule is C=CCn1c(C)c(C)c2cc(C(=O)Nc3ccccc3)nc(OCc3ccc(F)cc3)c21. The van der Waals surface area contributed by atoms with E-state index in [-0.39, 0.29) is 24.0 Å². The molecule has 0 aliphatic heterocycles. The molecule has 0 spiro atoms. The number of rotatable bonds is 7. The molecule has 2 heterocycles. The molecule has 162 valence electrons. The predicted octanol–water partition coefficient (Wildman–Crippen LogP) is 5.81. The standard InChI is InChI=1S/C26H24FN3O2/c1-4-14-30-18(3)17(2)22-15-23(25(31)28-21-8-6-5-7-9-21)29-26(24(22)30)32-16-19-10-12-20(27)13-11-19/h4-13,15H,1,14,16H2,2-3H3,(H,28,31). The lowest BCUT2D eigenvalue weighted by Gasteiger charge is -2.12. The second-order valence-electron chi connectivity index (χ2n) is 7.55. The van der Waals surface area contributed by atoms with Gasteiger partial charge in [-0.3, -0.25) is 4.79 Å². The number of halogens is 1. The molecule has 1 N–H and O–H groups in total. The third-order valence-electron chi connectivity index (χ3n) is 5.45. The number of fused-ring (bicyclic) bond motifs is 1. The first-order chi connectivity index (χ1) is 15.5. The van der Waals surface area contributed by atoms with E-state index in [1.165, 1.54) is 12.1 Å². The first-order valence-corrected chi connectivity index (χ1v) is 10.3. The lowest BCUT2D eigenvalue weighted by atomic mass is 10.1. The Balaban J connectivity index is 1.76. The van der Waals surface area contributed by atoms with Crippen LogP contribution in [-0.2, 0) is 13.2 Å². The maximum absolute atomic E-state index is 13.3. The maximum atomic E-state index is 13.3. The summed E-state index contributed by atoms with van der Waals surface area (Å²) in [6, 6.07) is 17.1. The summed E-state index contributed by atoms with van der Waals surface area (Å²) in [5.41, 5.74) is 4.65. The molecule has 0 aliphatic carbocycles. The number of nitrogens with one attached hydrogen (secondary N) is 1. The Bertz CT molecular complexity index is 1280. The van der Waals surface area contributed by atoms with Gasteiger partial charge in [0.15, 0.2) is 0 Å². The number of aromatic nitrogens is 2. The van der Waals surface area contributed by atoms with Crippen molar-refractivity contribution in [2.24, 2.45) is 0 Å². The van der Waals surface area contributed by atoms with Crippen LogP contribution < -0.4 is 10.1 Å². The number of aryl methyl sites for hydroxylation is 1. The molecule has 5 nitrogen and oxygen atoms in total. The van der Waals surface area contributed by atoms with Crippen LogP contribution in [0.3, 0.4) is 0 Å². The van der Waals surface area contributed by atoms with Gasteiger partial charge in [0, 0.05) is 23.3 Å². The molecule has 0 fully saturated rings. The van der Waals surface area contributed by atoms with Crippen LogP contribution in [0.5, 0.6) is 5.88 Å². The second-order valence-corrected chi connectivity index (χ2v) is 7.55. The molecule has 0 bridgehead atoms. The number of allylic oxidation sites excluding steroid dienone is 1. The van der Waals surface area contributed by atoms with E-state index >= 15 is 0 Å². The van der Waals surface area contributed by atoms with E-state index in [0.29, 0.717) is 18.1 Å². The zero-order valence-electron chi connectivity index (χ0n) is 18.1. The number of anilines is 1. The Labute approximate surface area is 186 Å². The van der Waals surface area contributed by atoms with Gasteiger partial charge in [0.25, 0.3) is 5.91 Å². The van der Waals surface area contributed by atoms with Gasteiger partial charge in [0.1, 0.15) is 23.6 Å². The van der Waals surface area contributed by atoms with E-state index < -0.39 is 0 Å². The zero-order valence-corrected chi connectivity index (χ0v) is 18.1. The summed E-state index contributed by atoms with van der Waals surface area (Å²) in [6.45, 7) is 8.67. The zero-order chi connectivity index (χ0) is 22.7. The van der Waals surface area contributed by atoms with Crippen molar-refractivity contribution in [3.63, 3.8) is 0 Å². The Morgan fingerprint density at radius 1 is 1.16 bits per heavy atom. The van der Waals surface area contributed by atoms with E-state index in [1.807, 2.05) is 50.3 Å². The summed E-state index contributed by atoms with van der Waals surface area (Å²) in [7, 11) is 0. The number of hydrogen-bond donors (Lipinski definition) is 1. The minimum Gasteiger partial charge on any atom is -0.471 e. The van der Waals surface area contributed by atoms with Gasteiger partial charge in [-0.05, 0) is 55.3 Å². The van der Waals surface area contributed by atoms with Gasteiger partial charge < -0.3 is 14.6 Å². The Morgan fingerprint density at radius 2 is 1.88 bits per heavy atom. The second kappa shape index (κ2) is 9.06. The van der Waals surface area contributed by atoms with Gasteiger partial charge in [-0.2, -0.15) is 0 Å². The average molecular weight is 429 g/mol. The molecule has 0 saturated heterocycles. The maximum Gasteiger partial charge on any atom is 0.274 e. The van der Waals surface area contributed by atoms with Gasteiger partial charge in [-0.25, -0.2) is 9.37 Å². The largest absolute Gasteiger partial charge is 0.471 e. The summed E-state index contributed by atoms with van der Waals surface area (Å²) < 4.78 is 21.4. The van der Waals surface area contributed by atoms with E-state index in [2.05, 4.69) is 21.4 Å². The summed E-state index contributed by atoms with van der Waals surface area (Å²) in [5, 5.41) is 3.77. The molecule has 4 rings (SSSR count). The molecule has 0 saturated carbocycles. The van der Waals surface area contributed by atoms with Crippen molar-refractivity contribution in [3.8, 4) is 5.88 Å². The lowest BCUT2D eigenvalue weighted by molar-refractivity contribution is 0.102. The topological polar surface area (TPSA) is 56.2 Å². The third kappa shape index (κ3) is 4.25. The molecule has 0 aliphatic rings. The van der Waals surface area contributed by atoms with Crippen LogP contribution in [0.4, 0.5) is 10.1 Å². The number of carbonyl (C=O) groups is 1. The van der Waals surface area contributed by atoms with Crippen LogP contribution >= 0.6 is 0 Å². The van der Waals surface area contributed by atoms with Gasteiger partial charge in [-0.1, -0.05) is 36.4 Å². The highest BCUT2D eigenvalue weighted by atomic mass is 19.1. The highest BCUT2D eigenvalue weighted by Gasteiger charge is 2.20. The van der Waals surface area contributed by atoms with E-state index in [1.54, 1.807) is 18.2 Å². The highest BCUT2D eigenvalue weighted by Crippen LogP contribution is 2.33. The van der Waals surface area contributed by atoms with E-state index in [4.69, 9.17) is 4.74 Å². The molecule has 6 heteroatoms. The van der Waals surface area contributed by atoms with Crippen LogP contribution in [0, 0.1) is 19.7 Å². The van der Waals surface area contributed by atoms with E-state index in [0.717, 1.165) is 27.7 Å². The fraction of sp³-hybridized carbons (Fsp3) is 0.154. The molecular weight excluding hydrogens is 405 g/mol. The van der Waals surface area contributed by atoms with Crippen molar-refractivity contribution < 1.29 is 13.9 Å². The molecule has 32 heavy (non-hydrogen) atoms. The molecule has 4 aromatic rings. The monoisotopic (exact) mass is 429 g/mol. The number of hydrogen-bond acceptors (Lipinski definition) is 3. The molecule has 0 atom stereocenters. The summed E-state index contributed by atoms with van der Waals surface area (Å²) in [4.78, 5) is 17.5. The molecular formula is C26H24FN3O2. The van der Waals surface area contributed by atoms with Crippen molar-refractivity contribution in [2.45, 2.75) is 27.0 Å². The van der Waals surface area contributed by atoms with Crippen LogP contribution in [0.15, 0.2) is 73.3 Å². The minimum atomic E-state index is -0.321. The van der Waals surface area contributed by atoms with Gasteiger partial charge in [0.2, 0.25) is 5.88 Å². The fourth-order valence-corrected chi connectivity index (χ4v) is 3.65. The number of amides is 1. The number of pyridine rings is 1. The molecule has 0 unspecified atom stereocenters. The predicted molar refractivity (Wildman–Crippen MR) is 125 cm³/mol. The minimum absolute atomic E-state index is 0.198. The first-order valence-electron chi connectivity index (χ1n) is 10.3. The van der Waals surface area contributed by atoms with Crippen molar-refractivity contribution in [1.29, 1.82) is 0 Å². The molecule has 0 radical (unpaired) electrons. The Hall–Kier alpha value is -3.93. The number of benzene rings is 2. The van der Waals surface area contributed by atoms with Crippen molar-refractivity contribution in [3.05, 3.63) is 102 Å². The smallest absolute Gasteiger partial charge is 0.274 e. The number of ether oxygens (including phenoxy) is 1. The van der Waals surface area contributed by atoms with E-state index in [9.17, 15) is 9.18 Å². The Morgan fingerprint density at radius 3 is 2.56 bits per heavy atom. The quantitative estimate of drug-likeness (QED) is 0.377.